The van der Waals surface area contributed by atoms with Crippen molar-refractivity contribution in [3.05, 3.63) is 12.4 Å². The molecule has 6 nitrogen and oxygen atoms in total. The molecule has 0 unspecified atom stereocenters. The van der Waals surface area contributed by atoms with Crippen molar-refractivity contribution in [3.8, 4) is 0 Å². The van der Waals surface area contributed by atoms with Crippen LogP contribution in [-0.4, -0.2) is 27.7 Å². The molecule has 1 aliphatic carbocycles. The largest absolute Gasteiger partial charge is 0.393 e. The number of hydrogen-bond donors (Lipinski definition) is 4. The van der Waals surface area contributed by atoms with Crippen LogP contribution in [0.15, 0.2) is 12.4 Å². The van der Waals surface area contributed by atoms with Crippen molar-refractivity contribution in [1.82, 2.24) is 9.97 Å². The molecule has 2 rings (SSSR count). The number of anilines is 2. The molecule has 1 saturated carbocycles. The van der Waals surface area contributed by atoms with Gasteiger partial charge in [-0.15, -0.1) is 0 Å². The first kappa shape index (κ1) is 12.1. The highest BCUT2D eigenvalue weighted by Gasteiger charge is 2.19. The Balaban J connectivity index is 1.81. The van der Waals surface area contributed by atoms with E-state index in [0.717, 1.165) is 38.0 Å². The molecule has 0 spiro atoms. The first-order chi connectivity index (χ1) is 8.28. The van der Waals surface area contributed by atoms with Crippen molar-refractivity contribution in [1.29, 1.82) is 0 Å². The summed E-state index contributed by atoms with van der Waals surface area (Å²) in [7, 11) is 0. The van der Waals surface area contributed by atoms with Crippen LogP contribution in [0.25, 0.3) is 0 Å². The average molecular weight is 237 g/mol. The second kappa shape index (κ2) is 5.79. The summed E-state index contributed by atoms with van der Waals surface area (Å²) in [6.07, 6.45) is 7.09. The van der Waals surface area contributed by atoms with Crippen molar-refractivity contribution < 1.29 is 5.11 Å². The monoisotopic (exact) mass is 237 g/mol. The molecule has 0 aliphatic heterocycles. The third kappa shape index (κ3) is 3.54. The highest BCUT2D eigenvalue weighted by molar-refractivity contribution is 5.40. The van der Waals surface area contributed by atoms with Crippen molar-refractivity contribution in [2.45, 2.75) is 31.8 Å². The number of aliphatic hydroxyl groups is 1. The van der Waals surface area contributed by atoms with Gasteiger partial charge in [0.2, 0.25) is 0 Å². The molecule has 0 saturated heterocycles. The highest BCUT2D eigenvalue weighted by atomic mass is 16.3. The fourth-order valence-corrected chi connectivity index (χ4v) is 2.12. The van der Waals surface area contributed by atoms with E-state index in [1.54, 1.807) is 12.4 Å². The Hall–Kier alpha value is -1.40. The predicted octanol–water partition coefficient (Wildman–Crippen LogP) is 0.725. The lowest BCUT2D eigenvalue weighted by Crippen LogP contribution is -2.24. The molecule has 6 heteroatoms. The molecule has 0 aromatic carbocycles. The van der Waals surface area contributed by atoms with Gasteiger partial charge in [0.1, 0.15) is 5.82 Å². The minimum absolute atomic E-state index is 0.101. The Bertz CT molecular complexity index is 351. The maximum absolute atomic E-state index is 9.42. The lowest BCUT2D eigenvalue weighted by Gasteiger charge is -2.25. The van der Waals surface area contributed by atoms with Crippen molar-refractivity contribution in [2.75, 3.05) is 17.3 Å². The average Bonchev–Trinajstić information content (AvgIpc) is 2.38. The van der Waals surface area contributed by atoms with Crippen LogP contribution in [0.4, 0.5) is 11.6 Å². The van der Waals surface area contributed by atoms with E-state index in [9.17, 15) is 5.11 Å². The van der Waals surface area contributed by atoms with Gasteiger partial charge in [-0.2, -0.15) is 0 Å². The number of rotatable bonds is 4. The van der Waals surface area contributed by atoms with Gasteiger partial charge in [-0.25, -0.2) is 10.8 Å². The van der Waals surface area contributed by atoms with E-state index >= 15 is 0 Å². The molecule has 0 radical (unpaired) electrons. The van der Waals surface area contributed by atoms with Crippen molar-refractivity contribution in [2.24, 2.45) is 11.8 Å². The van der Waals surface area contributed by atoms with Crippen LogP contribution in [0.2, 0.25) is 0 Å². The lowest BCUT2D eigenvalue weighted by molar-refractivity contribution is 0.111. The topological polar surface area (TPSA) is 96.1 Å². The van der Waals surface area contributed by atoms with Gasteiger partial charge in [0.05, 0.1) is 18.5 Å². The van der Waals surface area contributed by atoms with Gasteiger partial charge in [-0.3, -0.25) is 4.98 Å². The number of aliphatic hydroxyl groups excluding tert-OH is 1. The molecule has 5 N–H and O–H groups in total. The summed E-state index contributed by atoms with van der Waals surface area (Å²) >= 11 is 0. The summed E-state index contributed by atoms with van der Waals surface area (Å²) in [5, 5.41) is 12.7. The number of hydrazine groups is 1. The van der Waals surface area contributed by atoms with E-state index < -0.39 is 0 Å². The quantitative estimate of drug-likeness (QED) is 0.455. The van der Waals surface area contributed by atoms with E-state index in [0.29, 0.717) is 11.7 Å². The van der Waals surface area contributed by atoms with Gasteiger partial charge in [0.25, 0.3) is 0 Å². The molecular formula is C11H19N5O. The second-order valence-electron chi connectivity index (χ2n) is 4.49. The molecule has 0 bridgehead atoms. The standard InChI is InChI=1S/C11H19N5O/c12-16-11-7-13-6-10(15-11)14-5-8-1-3-9(17)4-2-8/h6-9,17H,1-5,12H2,(H2,14,15,16). The summed E-state index contributed by atoms with van der Waals surface area (Å²) in [5.41, 5.74) is 2.46. The Morgan fingerprint density at radius 1 is 1.24 bits per heavy atom. The summed E-state index contributed by atoms with van der Waals surface area (Å²) in [4.78, 5) is 8.26. The predicted molar refractivity (Wildman–Crippen MR) is 66.3 cm³/mol. The van der Waals surface area contributed by atoms with E-state index in [1.807, 2.05) is 0 Å². The Kier molecular flexibility index (Phi) is 4.11. The molecule has 94 valence electrons. The number of nitrogen functional groups attached to an aromatic ring is 1. The number of hydrogen-bond acceptors (Lipinski definition) is 6. The van der Waals surface area contributed by atoms with Crippen LogP contribution in [0.1, 0.15) is 25.7 Å². The zero-order valence-corrected chi connectivity index (χ0v) is 9.76. The fourth-order valence-electron chi connectivity index (χ4n) is 2.12. The molecular weight excluding hydrogens is 218 g/mol. The molecule has 1 aromatic heterocycles. The third-order valence-electron chi connectivity index (χ3n) is 3.17. The van der Waals surface area contributed by atoms with Crippen LogP contribution in [0.3, 0.4) is 0 Å². The first-order valence-electron chi connectivity index (χ1n) is 5.98. The molecule has 0 atom stereocenters. The van der Waals surface area contributed by atoms with E-state index in [-0.39, 0.29) is 6.10 Å². The first-order valence-corrected chi connectivity index (χ1v) is 5.98. The summed E-state index contributed by atoms with van der Waals surface area (Å²) in [6.45, 7) is 0.870. The van der Waals surface area contributed by atoms with Gasteiger partial charge < -0.3 is 15.8 Å². The minimum Gasteiger partial charge on any atom is -0.393 e. The van der Waals surface area contributed by atoms with Gasteiger partial charge in [0.15, 0.2) is 5.82 Å². The summed E-state index contributed by atoms with van der Waals surface area (Å²) in [5.74, 6) is 7.15. The Morgan fingerprint density at radius 2 is 1.94 bits per heavy atom. The van der Waals surface area contributed by atoms with E-state index in [4.69, 9.17) is 5.84 Å². The van der Waals surface area contributed by atoms with Gasteiger partial charge in [-0.05, 0) is 31.6 Å². The number of nitrogens with zero attached hydrogens (tertiary/aromatic N) is 2. The maximum Gasteiger partial charge on any atom is 0.160 e. The second-order valence-corrected chi connectivity index (χ2v) is 4.49. The van der Waals surface area contributed by atoms with E-state index in [1.165, 1.54) is 0 Å². The Labute approximate surface area is 101 Å². The van der Waals surface area contributed by atoms with Crippen LogP contribution in [0, 0.1) is 5.92 Å². The third-order valence-corrected chi connectivity index (χ3v) is 3.17. The van der Waals surface area contributed by atoms with Gasteiger partial charge in [-0.1, -0.05) is 0 Å². The number of nitrogens with one attached hydrogen (secondary N) is 2. The Morgan fingerprint density at radius 3 is 2.65 bits per heavy atom. The van der Waals surface area contributed by atoms with Crippen LogP contribution >= 0.6 is 0 Å². The zero-order chi connectivity index (χ0) is 12.1. The number of nitrogens with two attached hydrogens (primary N) is 1. The van der Waals surface area contributed by atoms with Crippen LogP contribution in [0.5, 0.6) is 0 Å². The molecule has 1 aliphatic rings. The molecule has 17 heavy (non-hydrogen) atoms. The molecule has 1 fully saturated rings. The maximum atomic E-state index is 9.42. The minimum atomic E-state index is -0.101. The van der Waals surface area contributed by atoms with Crippen LogP contribution in [-0.2, 0) is 0 Å². The van der Waals surface area contributed by atoms with Gasteiger partial charge in [0, 0.05) is 6.54 Å². The van der Waals surface area contributed by atoms with Crippen LogP contribution < -0.4 is 16.6 Å². The molecule has 1 aromatic rings. The highest BCUT2D eigenvalue weighted by Crippen LogP contribution is 2.24. The summed E-state index contributed by atoms with van der Waals surface area (Å²) in [6, 6.07) is 0. The van der Waals surface area contributed by atoms with Gasteiger partial charge >= 0.3 is 0 Å². The zero-order valence-electron chi connectivity index (χ0n) is 9.76. The smallest absolute Gasteiger partial charge is 0.160 e. The SMILES string of the molecule is NNc1cncc(NCC2CCC(O)CC2)n1. The number of aromatic nitrogens is 2. The normalized spacial score (nSPS) is 24.4. The molecule has 0 amide bonds. The lowest BCUT2D eigenvalue weighted by atomic mass is 9.87. The van der Waals surface area contributed by atoms with Crippen molar-refractivity contribution >= 4 is 11.6 Å². The van der Waals surface area contributed by atoms with E-state index in [2.05, 4.69) is 20.7 Å². The fraction of sp³-hybridized carbons (Fsp3) is 0.636. The molecule has 1 heterocycles. The van der Waals surface area contributed by atoms with Crippen molar-refractivity contribution in [3.63, 3.8) is 0 Å². The summed E-state index contributed by atoms with van der Waals surface area (Å²) < 4.78 is 0.